The molecule has 19 heavy (non-hydrogen) atoms. The first kappa shape index (κ1) is 14.3. The molecule has 0 bridgehead atoms. The van der Waals surface area contributed by atoms with Gasteiger partial charge in [-0.1, -0.05) is 33.6 Å². The Bertz CT molecular complexity index is 546. The third-order valence-electron chi connectivity index (χ3n) is 2.54. The molecule has 1 N–H and O–H groups in total. The molecule has 1 heterocycles. The smallest absolute Gasteiger partial charge is 0.139 e. The summed E-state index contributed by atoms with van der Waals surface area (Å²) in [5, 5.41) is 3.67. The molecule has 0 saturated carbocycles. The fourth-order valence-electron chi connectivity index (χ4n) is 1.59. The minimum atomic E-state index is 0.399. The molecule has 0 spiro atoms. The van der Waals surface area contributed by atoms with Crippen LogP contribution < -0.4 is 10.1 Å². The topological polar surface area (TPSA) is 34.1 Å². The maximum atomic E-state index is 6.05. The Labute approximate surface area is 126 Å². The van der Waals surface area contributed by atoms with Gasteiger partial charge in [0.1, 0.15) is 12.4 Å². The number of nitrogens with one attached hydrogen (secondary N) is 1. The lowest BCUT2D eigenvalue weighted by molar-refractivity contribution is 0.301. The van der Waals surface area contributed by atoms with Crippen LogP contribution in [0.4, 0.5) is 0 Å². The first-order valence-electron chi connectivity index (χ1n) is 5.85. The summed E-state index contributed by atoms with van der Waals surface area (Å²) in [6.07, 6.45) is 1.84. The largest absolute Gasteiger partial charge is 0.486 e. The number of aromatic nitrogens is 1. The van der Waals surface area contributed by atoms with Crippen LogP contribution >= 0.6 is 27.5 Å². The summed E-state index contributed by atoms with van der Waals surface area (Å²) in [4.78, 5) is 4.34. The van der Waals surface area contributed by atoms with Crippen molar-refractivity contribution in [2.24, 2.45) is 0 Å². The minimum Gasteiger partial charge on any atom is -0.486 e. The van der Waals surface area contributed by atoms with E-state index in [2.05, 4.69) is 26.2 Å². The lowest BCUT2D eigenvalue weighted by Crippen LogP contribution is -2.06. The van der Waals surface area contributed by atoms with Gasteiger partial charge in [0.05, 0.1) is 10.7 Å². The second-order valence-corrected chi connectivity index (χ2v) is 5.37. The van der Waals surface area contributed by atoms with Gasteiger partial charge in [-0.05, 0) is 36.9 Å². The normalized spacial score (nSPS) is 10.5. The number of hydrogen-bond donors (Lipinski definition) is 1. The first-order chi connectivity index (χ1) is 9.19. The van der Waals surface area contributed by atoms with Gasteiger partial charge in [0.25, 0.3) is 0 Å². The first-order valence-corrected chi connectivity index (χ1v) is 7.02. The molecule has 2 aromatic rings. The lowest BCUT2D eigenvalue weighted by Gasteiger charge is -2.08. The van der Waals surface area contributed by atoms with Crippen LogP contribution in [-0.2, 0) is 13.2 Å². The van der Waals surface area contributed by atoms with Crippen LogP contribution in [0, 0.1) is 0 Å². The Morgan fingerprint density at radius 1 is 1.32 bits per heavy atom. The fraction of sp³-hybridized carbons (Fsp3) is 0.214. The van der Waals surface area contributed by atoms with E-state index >= 15 is 0 Å². The molecule has 0 aliphatic heterocycles. The summed E-state index contributed by atoms with van der Waals surface area (Å²) in [5.74, 6) is 0.650. The van der Waals surface area contributed by atoms with Gasteiger partial charge in [-0.3, -0.25) is 4.98 Å². The van der Waals surface area contributed by atoms with Gasteiger partial charge < -0.3 is 10.1 Å². The van der Waals surface area contributed by atoms with E-state index in [9.17, 15) is 0 Å². The van der Waals surface area contributed by atoms with Crippen LogP contribution in [-0.4, -0.2) is 12.0 Å². The molecule has 0 unspecified atom stereocenters. The van der Waals surface area contributed by atoms with Gasteiger partial charge in [0.2, 0.25) is 0 Å². The molecule has 0 amide bonds. The minimum absolute atomic E-state index is 0.399. The van der Waals surface area contributed by atoms with E-state index in [1.165, 1.54) is 0 Å². The average molecular weight is 342 g/mol. The molecule has 0 saturated heterocycles. The Balaban J connectivity index is 2.00. The van der Waals surface area contributed by atoms with E-state index in [4.69, 9.17) is 16.3 Å². The van der Waals surface area contributed by atoms with Crippen LogP contribution in [0.5, 0.6) is 5.75 Å². The second kappa shape index (κ2) is 6.89. The van der Waals surface area contributed by atoms with Crippen molar-refractivity contribution in [2.45, 2.75) is 13.2 Å². The van der Waals surface area contributed by atoms with Crippen LogP contribution in [0.15, 0.2) is 41.0 Å². The maximum absolute atomic E-state index is 6.05. The molecule has 0 fully saturated rings. The molecular weight excluding hydrogens is 328 g/mol. The average Bonchev–Trinajstić information content (AvgIpc) is 2.42. The van der Waals surface area contributed by atoms with Crippen molar-refractivity contribution < 1.29 is 4.74 Å². The third-order valence-corrected chi connectivity index (χ3v) is 3.34. The Kier molecular flexibility index (Phi) is 5.19. The SMILES string of the molecule is CNCc1ccc(COc2cc(Br)ccc2Cl)nc1. The Hall–Kier alpha value is -1.10. The molecule has 100 valence electrons. The number of halogens is 2. The molecule has 1 aromatic carbocycles. The number of ether oxygens (including phenoxy) is 1. The molecule has 0 atom stereocenters. The molecular formula is C14H14BrClN2O. The third kappa shape index (κ3) is 4.20. The van der Waals surface area contributed by atoms with Gasteiger partial charge >= 0.3 is 0 Å². The number of benzene rings is 1. The van der Waals surface area contributed by atoms with Crippen molar-refractivity contribution in [3.05, 3.63) is 57.3 Å². The summed E-state index contributed by atoms with van der Waals surface area (Å²) in [7, 11) is 1.91. The highest BCUT2D eigenvalue weighted by Gasteiger charge is 2.03. The predicted molar refractivity (Wildman–Crippen MR) is 80.5 cm³/mol. The van der Waals surface area contributed by atoms with Gasteiger partial charge in [-0.15, -0.1) is 0 Å². The van der Waals surface area contributed by atoms with E-state index in [1.54, 1.807) is 6.07 Å². The van der Waals surface area contributed by atoms with Crippen molar-refractivity contribution in [1.82, 2.24) is 10.3 Å². The summed E-state index contributed by atoms with van der Waals surface area (Å²) < 4.78 is 6.60. The number of nitrogens with zero attached hydrogens (tertiary/aromatic N) is 1. The van der Waals surface area contributed by atoms with Crippen LogP contribution in [0.25, 0.3) is 0 Å². The lowest BCUT2D eigenvalue weighted by atomic mass is 10.2. The molecule has 0 radical (unpaired) electrons. The van der Waals surface area contributed by atoms with E-state index in [0.29, 0.717) is 17.4 Å². The molecule has 0 aliphatic rings. The van der Waals surface area contributed by atoms with Crippen LogP contribution in [0.2, 0.25) is 5.02 Å². The van der Waals surface area contributed by atoms with E-state index in [-0.39, 0.29) is 0 Å². The zero-order valence-corrected chi connectivity index (χ0v) is 12.8. The van der Waals surface area contributed by atoms with Crippen LogP contribution in [0.1, 0.15) is 11.3 Å². The van der Waals surface area contributed by atoms with Crippen LogP contribution in [0.3, 0.4) is 0 Å². The van der Waals surface area contributed by atoms with Gasteiger partial charge in [-0.25, -0.2) is 0 Å². The molecule has 0 aliphatic carbocycles. The van der Waals surface area contributed by atoms with Gasteiger partial charge in [0.15, 0.2) is 0 Å². The Morgan fingerprint density at radius 3 is 2.84 bits per heavy atom. The predicted octanol–water partition coefficient (Wildman–Crippen LogP) is 3.80. The fourth-order valence-corrected chi connectivity index (χ4v) is 2.10. The highest BCUT2D eigenvalue weighted by atomic mass is 79.9. The van der Waals surface area contributed by atoms with Crippen molar-refractivity contribution in [2.75, 3.05) is 7.05 Å². The zero-order chi connectivity index (χ0) is 13.7. The number of hydrogen-bond acceptors (Lipinski definition) is 3. The molecule has 2 rings (SSSR count). The quantitative estimate of drug-likeness (QED) is 0.898. The molecule has 1 aromatic heterocycles. The summed E-state index contributed by atoms with van der Waals surface area (Å²) in [5.41, 5.74) is 2.02. The molecule has 5 heteroatoms. The highest BCUT2D eigenvalue weighted by molar-refractivity contribution is 9.10. The zero-order valence-electron chi connectivity index (χ0n) is 10.5. The van der Waals surface area contributed by atoms with Crippen molar-refractivity contribution in [3.8, 4) is 5.75 Å². The van der Waals surface area contributed by atoms with Crippen molar-refractivity contribution in [1.29, 1.82) is 0 Å². The monoisotopic (exact) mass is 340 g/mol. The second-order valence-electron chi connectivity index (χ2n) is 4.05. The van der Waals surface area contributed by atoms with E-state index in [0.717, 1.165) is 22.3 Å². The van der Waals surface area contributed by atoms with Gasteiger partial charge in [-0.2, -0.15) is 0 Å². The van der Waals surface area contributed by atoms with E-state index in [1.807, 2.05) is 37.5 Å². The summed E-state index contributed by atoms with van der Waals surface area (Å²) in [6, 6.07) is 9.51. The van der Waals surface area contributed by atoms with Crippen molar-refractivity contribution in [3.63, 3.8) is 0 Å². The van der Waals surface area contributed by atoms with Crippen molar-refractivity contribution >= 4 is 27.5 Å². The highest BCUT2D eigenvalue weighted by Crippen LogP contribution is 2.28. The summed E-state index contributed by atoms with van der Waals surface area (Å²) in [6.45, 7) is 1.21. The summed E-state index contributed by atoms with van der Waals surface area (Å²) >= 11 is 9.44. The standard InChI is InChI=1S/C14H14BrClN2O/c1-17-7-10-2-4-12(18-8-10)9-19-14-6-11(15)3-5-13(14)16/h2-6,8,17H,7,9H2,1H3. The Morgan fingerprint density at radius 2 is 2.16 bits per heavy atom. The number of rotatable bonds is 5. The van der Waals surface area contributed by atoms with Gasteiger partial charge in [0, 0.05) is 17.2 Å². The molecule has 3 nitrogen and oxygen atoms in total. The maximum Gasteiger partial charge on any atom is 0.139 e. The number of pyridine rings is 1. The van der Waals surface area contributed by atoms with E-state index < -0.39 is 0 Å².